The van der Waals surface area contributed by atoms with E-state index in [1.165, 1.54) is 88.3 Å². The summed E-state index contributed by atoms with van der Waals surface area (Å²) in [6, 6.07) is 88.9. The Morgan fingerprint density at radius 2 is 0.809 bits per heavy atom. The molecule has 0 unspecified atom stereocenters. The van der Waals surface area contributed by atoms with Crippen molar-refractivity contribution < 1.29 is 0 Å². The molecule has 2 heteroatoms. The minimum atomic E-state index is -0.167. The summed E-state index contributed by atoms with van der Waals surface area (Å²) in [5.41, 5.74) is 21.4. The maximum absolute atomic E-state index is 5.25. The van der Waals surface area contributed by atoms with Crippen LogP contribution in [0.3, 0.4) is 0 Å². The first kappa shape index (κ1) is 39.7. The van der Waals surface area contributed by atoms with Crippen LogP contribution in [-0.2, 0) is 5.41 Å². The molecule has 1 aromatic heterocycles. The summed E-state index contributed by atoms with van der Waals surface area (Å²) in [4.78, 5) is 5.25. The predicted molar refractivity (Wildman–Crippen MR) is 286 cm³/mol. The van der Waals surface area contributed by atoms with Crippen molar-refractivity contribution in [3.05, 3.63) is 254 Å². The van der Waals surface area contributed by atoms with Gasteiger partial charge in [0.2, 0.25) is 0 Å². The second-order valence-corrected chi connectivity index (χ2v) is 18.7. The molecule has 12 aromatic rings. The summed E-state index contributed by atoms with van der Waals surface area (Å²) in [6.07, 6.45) is 0. The molecule has 0 N–H and O–H groups in total. The minimum absolute atomic E-state index is 0.167. The van der Waals surface area contributed by atoms with Crippen molar-refractivity contribution in [1.29, 1.82) is 0 Å². The summed E-state index contributed by atoms with van der Waals surface area (Å²) in [5.74, 6) is 0.920. The van der Waals surface area contributed by atoms with E-state index in [0.717, 1.165) is 39.2 Å². The maximum Gasteiger partial charge on any atom is 0.145 e. The van der Waals surface area contributed by atoms with Crippen LogP contribution in [0.5, 0.6) is 0 Å². The summed E-state index contributed by atoms with van der Waals surface area (Å²) >= 11 is 0. The number of hydrogen-bond acceptors (Lipinski definition) is 1. The molecule has 0 saturated carbocycles. The van der Waals surface area contributed by atoms with Gasteiger partial charge in [0.25, 0.3) is 0 Å². The van der Waals surface area contributed by atoms with E-state index >= 15 is 0 Å². The maximum atomic E-state index is 5.25. The van der Waals surface area contributed by atoms with Crippen molar-refractivity contribution in [2.45, 2.75) is 19.3 Å². The SMILES string of the molecule is CC1(C)c2ccccc2-c2cc3c(-c4ccc(-c5ccccc5)cc4)c4ccc(-c5cccc(-c6nc7ccccc7n6-c6ccccc6)c5)cc4c(-c4ccc(-c5ccccc5)cc4)c3cc21. The Labute approximate surface area is 397 Å². The van der Waals surface area contributed by atoms with E-state index in [-0.39, 0.29) is 5.41 Å². The molecule has 1 aliphatic carbocycles. The van der Waals surface area contributed by atoms with Gasteiger partial charge in [-0.25, -0.2) is 4.98 Å². The smallest absolute Gasteiger partial charge is 0.145 e. The summed E-state index contributed by atoms with van der Waals surface area (Å²) in [6.45, 7) is 4.78. The van der Waals surface area contributed by atoms with E-state index in [9.17, 15) is 0 Å². The van der Waals surface area contributed by atoms with E-state index in [1.54, 1.807) is 0 Å². The van der Waals surface area contributed by atoms with E-state index in [1.807, 2.05) is 0 Å². The molecule has 0 fully saturated rings. The van der Waals surface area contributed by atoms with Crippen LogP contribution in [0, 0.1) is 0 Å². The quantitative estimate of drug-likeness (QED) is 0.146. The van der Waals surface area contributed by atoms with Crippen LogP contribution < -0.4 is 0 Å². The number of nitrogens with zero attached hydrogens (tertiary/aromatic N) is 2. The zero-order valence-electron chi connectivity index (χ0n) is 38.0. The van der Waals surface area contributed by atoms with Gasteiger partial charge < -0.3 is 0 Å². The van der Waals surface area contributed by atoms with Crippen molar-refractivity contribution in [2.24, 2.45) is 0 Å². The first-order valence-electron chi connectivity index (χ1n) is 23.6. The molecule has 0 amide bonds. The number of rotatable bonds is 7. The predicted octanol–water partition coefficient (Wildman–Crippen LogP) is 17.6. The third-order valence-corrected chi connectivity index (χ3v) is 14.4. The first-order valence-corrected chi connectivity index (χ1v) is 23.6. The van der Waals surface area contributed by atoms with Crippen LogP contribution >= 0.6 is 0 Å². The molecule has 13 rings (SSSR count). The average molecular weight is 867 g/mol. The molecular formula is C66H46N2. The van der Waals surface area contributed by atoms with Gasteiger partial charge in [-0.1, -0.05) is 208 Å². The number of imidazole rings is 1. The Bertz CT molecular complexity index is 3880. The largest absolute Gasteiger partial charge is 0.292 e. The van der Waals surface area contributed by atoms with Crippen LogP contribution in [0.2, 0.25) is 0 Å². The molecular weight excluding hydrogens is 821 g/mol. The van der Waals surface area contributed by atoms with Crippen molar-refractivity contribution in [1.82, 2.24) is 9.55 Å². The van der Waals surface area contributed by atoms with Gasteiger partial charge in [0.05, 0.1) is 11.0 Å². The molecule has 11 aromatic carbocycles. The summed E-state index contributed by atoms with van der Waals surface area (Å²) in [7, 11) is 0. The second-order valence-electron chi connectivity index (χ2n) is 18.7. The lowest BCUT2D eigenvalue weighted by Gasteiger charge is -2.24. The van der Waals surface area contributed by atoms with E-state index in [4.69, 9.17) is 4.98 Å². The molecule has 0 spiro atoms. The third kappa shape index (κ3) is 6.44. The molecule has 0 saturated heterocycles. The lowest BCUT2D eigenvalue weighted by Crippen LogP contribution is -2.14. The van der Waals surface area contributed by atoms with Crippen LogP contribution in [0.4, 0.5) is 0 Å². The highest BCUT2D eigenvalue weighted by Gasteiger charge is 2.36. The minimum Gasteiger partial charge on any atom is -0.292 e. The van der Waals surface area contributed by atoms with E-state index < -0.39 is 0 Å². The van der Waals surface area contributed by atoms with Crippen molar-refractivity contribution in [2.75, 3.05) is 0 Å². The Balaban J connectivity index is 1.08. The Kier molecular flexibility index (Phi) is 9.23. The highest BCUT2D eigenvalue weighted by molar-refractivity contribution is 6.23. The Morgan fingerprint density at radius 3 is 1.50 bits per heavy atom. The van der Waals surface area contributed by atoms with Gasteiger partial charge in [-0.3, -0.25) is 4.57 Å². The molecule has 1 heterocycles. The van der Waals surface area contributed by atoms with Crippen molar-refractivity contribution >= 4 is 32.6 Å². The number of para-hydroxylation sites is 3. The fourth-order valence-electron chi connectivity index (χ4n) is 11.0. The molecule has 0 aliphatic heterocycles. The molecule has 0 bridgehead atoms. The van der Waals surface area contributed by atoms with Crippen LogP contribution in [-0.4, -0.2) is 9.55 Å². The van der Waals surface area contributed by atoms with Crippen LogP contribution in [0.1, 0.15) is 25.0 Å². The highest BCUT2D eigenvalue weighted by atomic mass is 15.1. The number of aromatic nitrogens is 2. The standard InChI is InChI=1S/C66H46N2/c1-66(2)59-26-13-12-25-53(59)55-41-57-58(42-60(55)66)64(48-35-31-46(32-36-48)44-19-8-4-9-20-44)56-40-50(37-38-54(56)63(57)47-33-29-45(30-34-47)43-17-6-3-7-18-43)49-21-16-22-51(39-49)65-67-61-27-14-15-28-62(61)68(65)52-23-10-5-11-24-52/h3-42H,1-2H3. The number of benzene rings is 11. The number of hydrogen-bond donors (Lipinski definition) is 0. The molecule has 320 valence electrons. The Hall–Kier alpha value is -8.59. The Morgan fingerprint density at radius 1 is 0.324 bits per heavy atom. The molecule has 68 heavy (non-hydrogen) atoms. The normalized spacial score (nSPS) is 12.7. The lowest BCUT2D eigenvalue weighted by atomic mass is 9.79. The van der Waals surface area contributed by atoms with Crippen molar-refractivity contribution in [3.8, 4) is 83.8 Å². The molecule has 0 radical (unpaired) electrons. The average Bonchev–Trinajstić information content (AvgIpc) is 3.90. The van der Waals surface area contributed by atoms with Crippen LogP contribution in [0.15, 0.2) is 243 Å². The van der Waals surface area contributed by atoms with Gasteiger partial charge in [-0.15, -0.1) is 0 Å². The third-order valence-electron chi connectivity index (χ3n) is 14.4. The van der Waals surface area contributed by atoms with Gasteiger partial charge in [0.1, 0.15) is 5.82 Å². The van der Waals surface area contributed by atoms with Gasteiger partial charge in [-0.2, -0.15) is 0 Å². The zero-order valence-corrected chi connectivity index (χ0v) is 38.0. The molecule has 1 aliphatic rings. The topological polar surface area (TPSA) is 17.8 Å². The highest BCUT2D eigenvalue weighted by Crippen LogP contribution is 2.53. The van der Waals surface area contributed by atoms with Gasteiger partial charge in [0.15, 0.2) is 0 Å². The molecule has 2 nitrogen and oxygen atoms in total. The van der Waals surface area contributed by atoms with Crippen molar-refractivity contribution in [3.63, 3.8) is 0 Å². The van der Waals surface area contributed by atoms with Gasteiger partial charge in [0, 0.05) is 16.7 Å². The monoisotopic (exact) mass is 866 g/mol. The summed E-state index contributed by atoms with van der Waals surface area (Å²) in [5, 5.41) is 4.96. The van der Waals surface area contributed by atoms with E-state index in [2.05, 4.69) is 261 Å². The lowest BCUT2D eigenvalue weighted by molar-refractivity contribution is 0.661. The second kappa shape index (κ2) is 15.8. The fraction of sp³-hybridized carbons (Fsp3) is 0.0455. The van der Waals surface area contributed by atoms with E-state index in [0.29, 0.717) is 0 Å². The fourth-order valence-corrected chi connectivity index (χ4v) is 11.0. The van der Waals surface area contributed by atoms with Crippen LogP contribution in [0.25, 0.3) is 116 Å². The molecule has 0 atom stereocenters. The number of fused-ring (bicyclic) bond motifs is 6. The summed E-state index contributed by atoms with van der Waals surface area (Å²) < 4.78 is 2.28. The van der Waals surface area contributed by atoms with Gasteiger partial charge >= 0.3 is 0 Å². The zero-order chi connectivity index (χ0) is 45.3. The first-order chi connectivity index (χ1) is 33.5. The van der Waals surface area contributed by atoms with Gasteiger partial charge in [-0.05, 0) is 148 Å².